The molecule has 2 N–H and O–H groups in total. The first-order valence-corrected chi connectivity index (χ1v) is 10.8. The van der Waals surface area contributed by atoms with Crippen LogP contribution in [0.5, 0.6) is 11.5 Å². The summed E-state index contributed by atoms with van der Waals surface area (Å²) in [6, 6.07) is 16.9. The molecule has 0 saturated carbocycles. The third-order valence-electron chi connectivity index (χ3n) is 5.44. The number of aromatic amines is 1. The van der Waals surface area contributed by atoms with Crippen molar-refractivity contribution in [2.24, 2.45) is 0 Å². The van der Waals surface area contributed by atoms with Gasteiger partial charge < -0.3 is 19.8 Å². The molecule has 0 aliphatic carbocycles. The molecule has 0 spiro atoms. The minimum atomic E-state index is -0.446. The summed E-state index contributed by atoms with van der Waals surface area (Å²) in [7, 11) is 1.48. The predicted octanol–water partition coefficient (Wildman–Crippen LogP) is 5.41. The molecule has 8 heteroatoms. The molecular formula is C27H23FN4O3. The van der Waals surface area contributed by atoms with Crippen molar-refractivity contribution in [2.45, 2.75) is 13.8 Å². The molecule has 176 valence electrons. The van der Waals surface area contributed by atoms with E-state index in [1.54, 1.807) is 30.3 Å². The van der Waals surface area contributed by atoms with Crippen LogP contribution in [-0.2, 0) is 4.79 Å². The number of nitrogens with one attached hydrogen (secondary N) is 2. The smallest absolute Gasteiger partial charge is 0.262 e. The zero-order chi connectivity index (χ0) is 24.9. The normalized spacial score (nSPS) is 11.2. The van der Waals surface area contributed by atoms with Crippen LogP contribution in [0, 0.1) is 31.0 Å². The molecule has 4 aromatic rings. The number of amides is 1. The van der Waals surface area contributed by atoms with Gasteiger partial charge in [-0.25, -0.2) is 9.37 Å². The Morgan fingerprint density at radius 1 is 1.14 bits per heavy atom. The van der Waals surface area contributed by atoms with Gasteiger partial charge in [0.15, 0.2) is 18.1 Å². The summed E-state index contributed by atoms with van der Waals surface area (Å²) in [5, 5.41) is 12.3. The highest BCUT2D eigenvalue weighted by molar-refractivity contribution is 5.92. The Morgan fingerprint density at radius 2 is 1.94 bits per heavy atom. The van der Waals surface area contributed by atoms with E-state index in [1.165, 1.54) is 25.3 Å². The summed E-state index contributed by atoms with van der Waals surface area (Å²) in [6.45, 7) is 3.76. The van der Waals surface area contributed by atoms with Crippen LogP contribution >= 0.6 is 0 Å². The Hall–Kier alpha value is -4.64. The number of allylic oxidation sites excluding steroid dienone is 1. The van der Waals surface area contributed by atoms with Crippen LogP contribution < -0.4 is 14.8 Å². The minimum absolute atomic E-state index is 0.288. The fourth-order valence-electron chi connectivity index (χ4n) is 3.52. The van der Waals surface area contributed by atoms with Gasteiger partial charge >= 0.3 is 0 Å². The second-order valence-corrected chi connectivity index (χ2v) is 7.97. The first-order valence-electron chi connectivity index (χ1n) is 10.8. The number of halogens is 1. The largest absolute Gasteiger partial charge is 0.493 e. The number of carbonyl (C=O) groups excluding carboxylic acids is 1. The van der Waals surface area contributed by atoms with Gasteiger partial charge in [0.25, 0.3) is 5.91 Å². The van der Waals surface area contributed by atoms with E-state index >= 15 is 0 Å². The van der Waals surface area contributed by atoms with Gasteiger partial charge in [0.05, 0.1) is 23.7 Å². The Labute approximate surface area is 201 Å². The summed E-state index contributed by atoms with van der Waals surface area (Å²) in [6.07, 6.45) is 1.69. The first-order chi connectivity index (χ1) is 16.9. The van der Waals surface area contributed by atoms with Gasteiger partial charge in [-0.15, -0.1) is 0 Å². The Balaban J connectivity index is 1.51. The summed E-state index contributed by atoms with van der Waals surface area (Å²) in [4.78, 5) is 19.9. The quantitative estimate of drug-likeness (QED) is 0.352. The second kappa shape index (κ2) is 10.1. The van der Waals surface area contributed by atoms with Crippen molar-refractivity contribution in [2.75, 3.05) is 19.0 Å². The third kappa shape index (κ3) is 5.47. The monoisotopic (exact) mass is 470 g/mol. The first kappa shape index (κ1) is 23.5. The number of rotatable bonds is 7. The summed E-state index contributed by atoms with van der Waals surface area (Å²) < 4.78 is 24.3. The number of carbonyl (C=O) groups is 1. The molecule has 35 heavy (non-hydrogen) atoms. The Morgan fingerprint density at radius 3 is 2.69 bits per heavy atom. The van der Waals surface area contributed by atoms with Gasteiger partial charge in [-0.2, -0.15) is 5.26 Å². The number of imidazole rings is 1. The van der Waals surface area contributed by atoms with E-state index in [0.717, 1.165) is 22.2 Å². The minimum Gasteiger partial charge on any atom is -0.493 e. The number of hydrogen-bond acceptors (Lipinski definition) is 5. The van der Waals surface area contributed by atoms with E-state index in [2.05, 4.69) is 21.4 Å². The van der Waals surface area contributed by atoms with E-state index < -0.39 is 11.7 Å². The number of H-pyrrole nitrogens is 1. The van der Waals surface area contributed by atoms with E-state index in [1.807, 2.05) is 26.0 Å². The van der Waals surface area contributed by atoms with Gasteiger partial charge in [0, 0.05) is 5.69 Å². The Bertz CT molecular complexity index is 1440. The van der Waals surface area contributed by atoms with Crippen LogP contribution in [0.4, 0.5) is 10.1 Å². The number of aryl methyl sites for hydroxylation is 2. The van der Waals surface area contributed by atoms with Crippen molar-refractivity contribution in [1.29, 1.82) is 5.26 Å². The van der Waals surface area contributed by atoms with Gasteiger partial charge in [0.1, 0.15) is 17.7 Å². The van der Waals surface area contributed by atoms with Crippen LogP contribution in [0.2, 0.25) is 0 Å². The lowest BCUT2D eigenvalue weighted by Crippen LogP contribution is -2.20. The van der Waals surface area contributed by atoms with Crippen molar-refractivity contribution in [3.05, 3.63) is 82.9 Å². The fourth-order valence-corrected chi connectivity index (χ4v) is 3.52. The molecule has 0 unspecified atom stereocenters. The predicted molar refractivity (Wildman–Crippen MR) is 133 cm³/mol. The Kier molecular flexibility index (Phi) is 6.78. The van der Waals surface area contributed by atoms with Crippen LogP contribution in [-0.4, -0.2) is 29.6 Å². The molecular weight excluding hydrogens is 447 g/mol. The molecule has 0 fully saturated rings. The maximum absolute atomic E-state index is 13.3. The van der Waals surface area contributed by atoms with Crippen molar-refractivity contribution in [3.8, 4) is 17.6 Å². The van der Waals surface area contributed by atoms with E-state index in [9.17, 15) is 14.4 Å². The standard InChI is InChI=1S/C27H23FN4O3/c1-16-9-22-23(10-17(16)2)32-27(31-22)19(14-29)11-18-7-8-24(25(12-18)34-3)35-15-26(33)30-21-6-4-5-20(28)13-21/h4-13H,15H2,1-3H3,(H,30,33)(H,31,32)/b19-11+. The molecule has 1 aromatic heterocycles. The summed E-state index contributed by atoms with van der Waals surface area (Å²) in [5.41, 5.74) is 5.32. The van der Waals surface area contributed by atoms with E-state index in [-0.39, 0.29) is 6.61 Å². The van der Waals surface area contributed by atoms with Crippen molar-refractivity contribution < 1.29 is 18.7 Å². The lowest BCUT2D eigenvalue weighted by Gasteiger charge is -2.12. The number of fused-ring (bicyclic) bond motifs is 1. The average Bonchev–Trinajstić information content (AvgIpc) is 3.24. The number of anilines is 1. The second-order valence-electron chi connectivity index (χ2n) is 7.97. The third-order valence-corrected chi connectivity index (χ3v) is 5.44. The number of nitriles is 1. The highest BCUT2D eigenvalue weighted by atomic mass is 19.1. The van der Waals surface area contributed by atoms with Gasteiger partial charge in [0.2, 0.25) is 0 Å². The van der Waals surface area contributed by atoms with Crippen LogP contribution in [0.1, 0.15) is 22.5 Å². The van der Waals surface area contributed by atoms with Crippen molar-refractivity contribution >= 4 is 34.3 Å². The zero-order valence-corrected chi connectivity index (χ0v) is 19.5. The molecule has 0 atom stereocenters. The number of aromatic nitrogens is 2. The number of benzene rings is 3. The number of hydrogen-bond donors (Lipinski definition) is 2. The fraction of sp³-hybridized carbons (Fsp3) is 0.148. The van der Waals surface area contributed by atoms with E-state index in [0.29, 0.717) is 34.1 Å². The van der Waals surface area contributed by atoms with Crippen LogP contribution in [0.25, 0.3) is 22.7 Å². The summed E-state index contributed by atoms with van der Waals surface area (Å²) in [5.74, 6) is 0.334. The zero-order valence-electron chi connectivity index (χ0n) is 19.5. The topological polar surface area (TPSA) is 100 Å². The highest BCUT2D eigenvalue weighted by Gasteiger charge is 2.12. The number of ether oxygens (including phenoxy) is 2. The van der Waals surface area contributed by atoms with Gasteiger partial charge in [-0.3, -0.25) is 4.79 Å². The maximum atomic E-state index is 13.3. The molecule has 0 radical (unpaired) electrons. The van der Waals surface area contributed by atoms with Gasteiger partial charge in [-0.05, 0) is 79.1 Å². The molecule has 0 aliphatic rings. The van der Waals surface area contributed by atoms with Crippen molar-refractivity contribution in [3.63, 3.8) is 0 Å². The van der Waals surface area contributed by atoms with Crippen LogP contribution in [0.3, 0.4) is 0 Å². The summed E-state index contributed by atoms with van der Waals surface area (Å²) >= 11 is 0. The van der Waals surface area contributed by atoms with Crippen LogP contribution in [0.15, 0.2) is 54.6 Å². The van der Waals surface area contributed by atoms with Gasteiger partial charge in [-0.1, -0.05) is 12.1 Å². The SMILES string of the molecule is COc1cc(/C=C(\C#N)c2nc3cc(C)c(C)cc3[nH]2)ccc1OCC(=O)Nc1cccc(F)c1. The number of nitrogens with zero attached hydrogens (tertiary/aromatic N) is 2. The highest BCUT2D eigenvalue weighted by Crippen LogP contribution is 2.30. The average molecular weight is 471 g/mol. The maximum Gasteiger partial charge on any atom is 0.262 e. The van der Waals surface area contributed by atoms with Crippen molar-refractivity contribution in [1.82, 2.24) is 9.97 Å². The molecule has 1 heterocycles. The molecule has 1 amide bonds. The molecule has 0 aliphatic heterocycles. The lowest BCUT2D eigenvalue weighted by molar-refractivity contribution is -0.118. The van der Waals surface area contributed by atoms with E-state index in [4.69, 9.17) is 9.47 Å². The molecule has 0 bridgehead atoms. The molecule has 7 nitrogen and oxygen atoms in total. The lowest BCUT2D eigenvalue weighted by atomic mass is 10.1. The number of methoxy groups -OCH3 is 1. The molecule has 4 rings (SSSR count). The molecule has 0 saturated heterocycles. The molecule has 3 aromatic carbocycles.